The quantitative estimate of drug-likeness (QED) is 0.733. The minimum Gasteiger partial charge on any atom is -0.321 e. The van der Waals surface area contributed by atoms with Crippen molar-refractivity contribution >= 4 is 45.2 Å². The molecule has 0 aliphatic heterocycles. The normalized spacial score (nSPS) is 12.5. The maximum absolute atomic E-state index is 8.51. The summed E-state index contributed by atoms with van der Waals surface area (Å²) in [4.78, 5) is 4.15. The van der Waals surface area contributed by atoms with Gasteiger partial charge in [-0.2, -0.15) is 5.26 Å². The van der Waals surface area contributed by atoms with Crippen molar-refractivity contribution in [3.05, 3.63) is 13.7 Å². The van der Waals surface area contributed by atoms with E-state index in [4.69, 9.17) is 5.26 Å². The SMILES string of the molecule is CC(CC#N)n1cnc(I)c1I. The molecule has 0 N–H and O–H groups in total. The summed E-state index contributed by atoms with van der Waals surface area (Å²) in [6.45, 7) is 2.02. The van der Waals surface area contributed by atoms with Crippen LogP contribution in [0.4, 0.5) is 0 Å². The van der Waals surface area contributed by atoms with Gasteiger partial charge >= 0.3 is 0 Å². The van der Waals surface area contributed by atoms with E-state index in [1.54, 1.807) is 6.33 Å². The molecule has 0 aromatic carbocycles. The summed E-state index contributed by atoms with van der Waals surface area (Å²) < 4.78 is 4.12. The van der Waals surface area contributed by atoms with Crippen LogP contribution in [0.1, 0.15) is 19.4 Å². The zero-order valence-electron chi connectivity index (χ0n) is 6.46. The van der Waals surface area contributed by atoms with Crippen molar-refractivity contribution in [2.45, 2.75) is 19.4 Å². The predicted molar refractivity (Wildman–Crippen MR) is 62.6 cm³/mol. The lowest BCUT2D eigenvalue weighted by Gasteiger charge is -2.09. The van der Waals surface area contributed by atoms with Crippen molar-refractivity contribution < 1.29 is 0 Å². The molecule has 0 spiro atoms. The van der Waals surface area contributed by atoms with Crippen molar-refractivity contribution in [1.29, 1.82) is 5.26 Å². The van der Waals surface area contributed by atoms with E-state index in [1.165, 1.54) is 0 Å². The molecule has 5 heteroatoms. The highest BCUT2D eigenvalue weighted by Crippen LogP contribution is 2.19. The molecule has 1 heterocycles. The van der Waals surface area contributed by atoms with Gasteiger partial charge in [-0.1, -0.05) is 0 Å². The molecule has 0 aliphatic carbocycles. The summed E-state index contributed by atoms with van der Waals surface area (Å²) >= 11 is 4.42. The van der Waals surface area contributed by atoms with Gasteiger partial charge in [0.2, 0.25) is 0 Å². The highest BCUT2D eigenvalue weighted by atomic mass is 127. The standard InChI is InChI=1S/C7H7I2N3/c1-5(2-3-10)12-4-11-6(8)7(12)9/h4-5H,2H2,1H3. The summed E-state index contributed by atoms with van der Waals surface area (Å²) in [5, 5.41) is 8.51. The summed E-state index contributed by atoms with van der Waals surface area (Å²) in [6.07, 6.45) is 2.31. The first-order valence-electron chi connectivity index (χ1n) is 3.41. The number of halogens is 2. The smallest absolute Gasteiger partial charge is 0.132 e. The number of nitriles is 1. The van der Waals surface area contributed by atoms with Crippen LogP contribution in [-0.2, 0) is 0 Å². The molecule has 0 saturated carbocycles. The second-order valence-electron chi connectivity index (χ2n) is 2.44. The molecule has 64 valence electrons. The van der Waals surface area contributed by atoms with E-state index in [-0.39, 0.29) is 6.04 Å². The second-order valence-corrected chi connectivity index (χ2v) is 4.49. The Morgan fingerprint density at radius 1 is 1.75 bits per heavy atom. The molecule has 12 heavy (non-hydrogen) atoms. The number of rotatable bonds is 2. The molecule has 0 bridgehead atoms. The van der Waals surface area contributed by atoms with E-state index in [0.717, 1.165) is 7.40 Å². The fourth-order valence-corrected chi connectivity index (χ4v) is 2.00. The molecule has 3 nitrogen and oxygen atoms in total. The van der Waals surface area contributed by atoms with E-state index < -0.39 is 0 Å². The molecular weight excluding hydrogens is 380 g/mol. The van der Waals surface area contributed by atoms with Crippen LogP contribution in [-0.4, -0.2) is 9.55 Å². The van der Waals surface area contributed by atoms with Crippen molar-refractivity contribution in [1.82, 2.24) is 9.55 Å². The molecule has 0 amide bonds. The van der Waals surface area contributed by atoms with Crippen LogP contribution in [0.3, 0.4) is 0 Å². The monoisotopic (exact) mass is 387 g/mol. The highest BCUT2D eigenvalue weighted by molar-refractivity contribution is 14.1. The fourth-order valence-electron chi connectivity index (χ4n) is 0.861. The van der Waals surface area contributed by atoms with Gasteiger partial charge in [0.25, 0.3) is 0 Å². The van der Waals surface area contributed by atoms with Crippen LogP contribution in [0, 0.1) is 18.7 Å². The lowest BCUT2D eigenvalue weighted by Crippen LogP contribution is -2.04. The predicted octanol–water partition coefficient (Wildman–Crippen LogP) is 2.57. The Balaban J connectivity index is 2.89. The third-order valence-corrected chi connectivity index (χ3v) is 4.44. The number of nitrogens with zero attached hydrogens (tertiary/aromatic N) is 3. The van der Waals surface area contributed by atoms with Crippen molar-refractivity contribution in [3.8, 4) is 6.07 Å². The van der Waals surface area contributed by atoms with Gasteiger partial charge in [-0.05, 0) is 52.1 Å². The summed E-state index contributed by atoms with van der Waals surface area (Å²) in [5.41, 5.74) is 0. The van der Waals surface area contributed by atoms with Gasteiger partial charge in [-0.15, -0.1) is 0 Å². The molecule has 1 aromatic rings. The third kappa shape index (κ3) is 2.10. The first-order valence-corrected chi connectivity index (χ1v) is 5.57. The van der Waals surface area contributed by atoms with Gasteiger partial charge in [0.15, 0.2) is 0 Å². The van der Waals surface area contributed by atoms with Crippen LogP contribution in [0.25, 0.3) is 0 Å². The Bertz CT molecular complexity index is 313. The van der Waals surface area contributed by atoms with Crippen LogP contribution < -0.4 is 0 Å². The lowest BCUT2D eigenvalue weighted by molar-refractivity contribution is 0.548. The van der Waals surface area contributed by atoms with Gasteiger partial charge in [0.05, 0.1) is 18.8 Å². The number of aromatic nitrogens is 2. The van der Waals surface area contributed by atoms with Crippen molar-refractivity contribution in [3.63, 3.8) is 0 Å². The Labute approximate surface area is 98.4 Å². The molecular formula is C7H7I2N3. The molecule has 1 aromatic heterocycles. The molecule has 0 fully saturated rings. The Hall–Kier alpha value is 0.160. The van der Waals surface area contributed by atoms with E-state index in [1.807, 2.05) is 11.5 Å². The van der Waals surface area contributed by atoms with Gasteiger partial charge in [0, 0.05) is 6.04 Å². The second kappa shape index (κ2) is 4.41. The van der Waals surface area contributed by atoms with Gasteiger partial charge < -0.3 is 4.57 Å². The molecule has 1 rings (SSSR count). The molecule has 0 radical (unpaired) electrons. The Morgan fingerprint density at radius 3 is 2.83 bits per heavy atom. The van der Waals surface area contributed by atoms with Crippen LogP contribution in [0.2, 0.25) is 0 Å². The van der Waals surface area contributed by atoms with E-state index >= 15 is 0 Å². The average molecular weight is 387 g/mol. The maximum atomic E-state index is 8.51. The zero-order valence-corrected chi connectivity index (χ0v) is 10.8. The molecule has 0 saturated heterocycles. The molecule has 1 unspecified atom stereocenters. The number of hydrogen-bond donors (Lipinski definition) is 0. The number of hydrogen-bond acceptors (Lipinski definition) is 2. The van der Waals surface area contributed by atoms with Gasteiger partial charge in [0.1, 0.15) is 7.40 Å². The zero-order chi connectivity index (χ0) is 9.14. The lowest BCUT2D eigenvalue weighted by atomic mass is 10.2. The fraction of sp³-hybridized carbons (Fsp3) is 0.429. The highest BCUT2D eigenvalue weighted by Gasteiger charge is 2.10. The van der Waals surface area contributed by atoms with E-state index in [9.17, 15) is 0 Å². The van der Waals surface area contributed by atoms with Crippen LogP contribution in [0.15, 0.2) is 6.33 Å². The maximum Gasteiger partial charge on any atom is 0.132 e. The Kier molecular flexibility index (Phi) is 3.77. The first kappa shape index (κ1) is 10.2. The van der Waals surface area contributed by atoms with Crippen molar-refractivity contribution in [2.75, 3.05) is 0 Å². The topological polar surface area (TPSA) is 41.6 Å². The van der Waals surface area contributed by atoms with E-state index in [2.05, 4.69) is 56.2 Å². The van der Waals surface area contributed by atoms with Gasteiger partial charge in [-0.25, -0.2) is 4.98 Å². The molecule has 1 atom stereocenters. The van der Waals surface area contributed by atoms with Crippen LogP contribution >= 0.6 is 45.2 Å². The minimum absolute atomic E-state index is 0.220. The first-order chi connectivity index (χ1) is 5.66. The summed E-state index contributed by atoms with van der Waals surface area (Å²) in [5.74, 6) is 0. The van der Waals surface area contributed by atoms with E-state index in [0.29, 0.717) is 6.42 Å². The minimum atomic E-state index is 0.220. The van der Waals surface area contributed by atoms with Crippen molar-refractivity contribution in [2.24, 2.45) is 0 Å². The average Bonchev–Trinajstić information content (AvgIpc) is 2.34. The summed E-state index contributed by atoms with van der Waals surface area (Å²) in [6, 6.07) is 2.37. The third-order valence-electron chi connectivity index (χ3n) is 1.55. The Morgan fingerprint density at radius 2 is 2.42 bits per heavy atom. The number of imidazole rings is 1. The molecule has 0 aliphatic rings. The summed E-state index contributed by atoms with van der Waals surface area (Å²) in [7, 11) is 0. The van der Waals surface area contributed by atoms with Gasteiger partial charge in [-0.3, -0.25) is 0 Å². The van der Waals surface area contributed by atoms with Crippen LogP contribution in [0.5, 0.6) is 0 Å². The largest absolute Gasteiger partial charge is 0.321 e.